The molecule has 1 N–H and O–H groups in total. The lowest BCUT2D eigenvalue weighted by Gasteiger charge is -1.96. The number of carbonyl (C=O) groups excluding carboxylic acids is 1. The molecule has 0 spiro atoms. The molecule has 16 heavy (non-hydrogen) atoms. The Bertz CT molecular complexity index is 502. The quantitative estimate of drug-likeness (QED) is 0.912. The summed E-state index contributed by atoms with van der Waals surface area (Å²) in [6, 6.07) is 1.79. The van der Waals surface area contributed by atoms with E-state index >= 15 is 0 Å². The Morgan fingerprint density at radius 3 is 3.00 bits per heavy atom. The van der Waals surface area contributed by atoms with Crippen LogP contribution in [0.4, 0.5) is 5.13 Å². The topological polar surface area (TPSA) is 54.9 Å². The number of nitrogens with one attached hydrogen (secondary N) is 1. The van der Waals surface area contributed by atoms with Crippen molar-refractivity contribution in [1.82, 2.24) is 10.2 Å². The smallest absolute Gasteiger partial charge is 0.258 e. The normalized spacial score (nSPS) is 15.0. The van der Waals surface area contributed by atoms with E-state index in [9.17, 15) is 4.79 Å². The Morgan fingerprint density at radius 2 is 2.31 bits per heavy atom. The third-order valence-electron chi connectivity index (χ3n) is 2.37. The predicted molar refractivity (Wildman–Crippen MR) is 64.2 cm³/mol. The molecule has 1 saturated carbocycles. The first-order valence-electron chi connectivity index (χ1n) is 5.00. The second-order valence-corrected chi connectivity index (χ2v) is 5.48. The Balaban J connectivity index is 1.71. The van der Waals surface area contributed by atoms with Crippen molar-refractivity contribution in [3.63, 3.8) is 0 Å². The number of aromatic nitrogens is 2. The summed E-state index contributed by atoms with van der Waals surface area (Å²) in [7, 11) is 0. The van der Waals surface area contributed by atoms with Crippen LogP contribution < -0.4 is 5.32 Å². The van der Waals surface area contributed by atoms with Gasteiger partial charge in [0.15, 0.2) is 0 Å². The van der Waals surface area contributed by atoms with E-state index in [1.165, 1.54) is 35.5 Å². The van der Waals surface area contributed by atoms with Crippen molar-refractivity contribution in [1.29, 1.82) is 0 Å². The van der Waals surface area contributed by atoms with Crippen LogP contribution in [0.2, 0.25) is 0 Å². The highest BCUT2D eigenvalue weighted by molar-refractivity contribution is 7.15. The molecule has 4 nitrogen and oxygen atoms in total. The molecular formula is C10H9N3OS2. The first-order valence-corrected chi connectivity index (χ1v) is 6.76. The minimum absolute atomic E-state index is 0.111. The largest absolute Gasteiger partial charge is 0.296 e. The number of hydrogen-bond acceptors (Lipinski definition) is 5. The van der Waals surface area contributed by atoms with Gasteiger partial charge in [-0.05, 0) is 24.3 Å². The number of carbonyl (C=O) groups is 1. The Kier molecular flexibility index (Phi) is 2.45. The molecule has 3 rings (SSSR count). The van der Waals surface area contributed by atoms with Crippen LogP contribution in [0.25, 0.3) is 0 Å². The molecule has 6 heteroatoms. The van der Waals surface area contributed by atoms with Crippen LogP contribution in [-0.2, 0) is 0 Å². The fourth-order valence-corrected chi connectivity index (χ4v) is 2.89. The lowest BCUT2D eigenvalue weighted by atomic mass is 10.3. The molecule has 2 aromatic heterocycles. The van der Waals surface area contributed by atoms with E-state index in [0.717, 1.165) is 5.01 Å². The summed E-state index contributed by atoms with van der Waals surface area (Å²) < 4.78 is 0. The van der Waals surface area contributed by atoms with E-state index < -0.39 is 0 Å². The average molecular weight is 251 g/mol. The lowest BCUT2D eigenvalue weighted by molar-refractivity contribution is 0.102. The van der Waals surface area contributed by atoms with Gasteiger partial charge >= 0.3 is 0 Å². The van der Waals surface area contributed by atoms with Gasteiger partial charge in [-0.2, -0.15) is 11.3 Å². The molecule has 1 aliphatic carbocycles. The maximum absolute atomic E-state index is 11.7. The number of hydrogen-bond donors (Lipinski definition) is 1. The molecule has 0 bridgehead atoms. The number of nitrogens with zero attached hydrogens (tertiary/aromatic N) is 2. The van der Waals surface area contributed by atoms with Gasteiger partial charge in [-0.15, -0.1) is 10.2 Å². The standard InChI is InChI=1S/C10H9N3OS2/c14-8(7-3-4-15-5-7)11-10-13-12-9(16-10)6-1-2-6/h3-6H,1-2H2,(H,11,13,14). The maximum Gasteiger partial charge on any atom is 0.258 e. The SMILES string of the molecule is O=C(Nc1nnc(C2CC2)s1)c1ccsc1. The minimum atomic E-state index is -0.111. The molecule has 2 heterocycles. The zero-order chi connectivity index (χ0) is 11.0. The number of anilines is 1. The van der Waals surface area contributed by atoms with Crippen LogP contribution in [0.5, 0.6) is 0 Å². The van der Waals surface area contributed by atoms with Crippen molar-refractivity contribution in [2.24, 2.45) is 0 Å². The van der Waals surface area contributed by atoms with Crippen molar-refractivity contribution in [3.8, 4) is 0 Å². The zero-order valence-corrected chi connectivity index (χ0v) is 9.98. The number of thiophene rings is 1. The van der Waals surface area contributed by atoms with Crippen LogP contribution in [0.15, 0.2) is 16.8 Å². The fourth-order valence-electron chi connectivity index (χ4n) is 1.34. The van der Waals surface area contributed by atoms with Gasteiger partial charge in [0.1, 0.15) is 5.01 Å². The second kappa shape index (κ2) is 3.95. The van der Waals surface area contributed by atoms with Crippen LogP contribution in [-0.4, -0.2) is 16.1 Å². The van der Waals surface area contributed by atoms with Crippen LogP contribution in [0, 0.1) is 0 Å². The first-order chi connectivity index (χ1) is 7.83. The van der Waals surface area contributed by atoms with Gasteiger partial charge in [0.25, 0.3) is 5.91 Å². The monoisotopic (exact) mass is 251 g/mol. The Labute approximate surface area is 100 Å². The summed E-state index contributed by atoms with van der Waals surface area (Å²) in [6.45, 7) is 0. The predicted octanol–water partition coefficient (Wildman–Crippen LogP) is 2.73. The van der Waals surface area contributed by atoms with Gasteiger partial charge < -0.3 is 0 Å². The first kappa shape index (κ1) is 9.92. The van der Waals surface area contributed by atoms with E-state index in [2.05, 4.69) is 15.5 Å². The summed E-state index contributed by atoms with van der Waals surface area (Å²) in [5.41, 5.74) is 0.674. The summed E-state index contributed by atoms with van der Waals surface area (Å²) in [5.74, 6) is 0.476. The third-order valence-corrected chi connectivity index (χ3v) is 4.06. The zero-order valence-electron chi connectivity index (χ0n) is 8.34. The Morgan fingerprint density at radius 1 is 1.44 bits per heavy atom. The molecule has 1 amide bonds. The fraction of sp³-hybridized carbons (Fsp3) is 0.300. The molecular weight excluding hydrogens is 242 g/mol. The van der Waals surface area contributed by atoms with Crippen molar-refractivity contribution in [2.75, 3.05) is 5.32 Å². The van der Waals surface area contributed by atoms with E-state index in [1.807, 2.05) is 10.8 Å². The summed E-state index contributed by atoms with van der Waals surface area (Å²) >= 11 is 2.98. The van der Waals surface area contributed by atoms with Gasteiger partial charge in [-0.1, -0.05) is 11.3 Å². The molecule has 0 aliphatic heterocycles. The van der Waals surface area contributed by atoms with Crippen molar-refractivity contribution in [3.05, 3.63) is 27.4 Å². The van der Waals surface area contributed by atoms with Gasteiger partial charge in [0.2, 0.25) is 5.13 Å². The summed E-state index contributed by atoms with van der Waals surface area (Å²) in [4.78, 5) is 11.7. The van der Waals surface area contributed by atoms with E-state index in [1.54, 1.807) is 6.07 Å². The summed E-state index contributed by atoms with van der Waals surface area (Å²) in [6.07, 6.45) is 2.40. The molecule has 1 fully saturated rings. The second-order valence-electron chi connectivity index (χ2n) is 3.69. The van der Waals surface area contributed by atoms with E-state index in [-0.39, 0.29) is 5.91 Å². The molecule has 0 radical (unpaired) electrons. The molecule has 0 unspecified atom stereocenters. The van der Waals surface area contributed by atoms with Crippen molar-refractivity contribution in [2.45, 2.75) is 18.8 Å². The van der Waals surface area contributed by atoms with Crippen LogP contribution >= 0.6 is 22.7 Å². The number of rotatable bonds is 3. The summed E-state index contributed by atoms with van der Waals surface area (Å²) in [5, 5.41) is 16.1. The molecule has 0 atom stereocenters. The average Bonchev–Trinajstić information content (AvgIpc) is 2.82. The van der Waals surface area contributed by atoms with Gasteiger partial charge in [-0.25, -0.2) is 0 Å². The van der Waals surface area contributed by atoms with Crippen molar-refractivity contribution < 1.29 is 4.79 Å². The molecule has 2 aromatic rings. The van der Waals surface area contributed by atoms with E-state index in [0.29, 0.717) is 16.6 Å². The van der Waals surface area contributed by atoms with E-state index in [4.69, 9.17) is 0 Å². The van der Waals surface area contributed by atoms with Crippen molar-refractivity contribution >= 4 is 33.7 Å². The Hall–Kier alpha value is -1.27. The molecule has 82 valence electrons. The minimum Gasteiger partial charge on any atom is -0.296 e. The highest BCUT2D eigenvalue weighted by atomic mass is 32.1. The molecule has 0 aromatic carbocycles. The van der Waals surface area contributed by atoms with Gasteiger partial charge in [0.05, 0.1) is 5.56 Å². The molecule has 1 aliphatic rings. The highest BCUT2D eigenvalue weighted by Gasteiger charge is 2.27. The van der Waals surface area contributed by atoms with Crippen LogP contribution in [0.3, 0.4) is 0 Å². The van der Waals surface area contributed by atoms with Crippen LogP contribution in [0.1, 0.15) is 34.1 Å². The lowest BCUT2D eigenvalue weighted by Crippen LogP contribution is -2.10. The third kappa shape index (κ3) is 1.98. The molecule has 0 saturated heterocycles. The maximum atomic E-state index is 11.7. The number of amides is 1. The van der Waals surface area contributed by atoms with Gasteiger partial charge in [0, 0.05) is 11.3 Å². The van der Waals surface area contributed by atoms with Gasteiger partial charge in [-0.3, -0.25) is 10.1 Å². The highest BCUT2D eigenvalue weighted by Crippen LogP contribution is 2.42.